The number of amides is 1. The number of hydrogen-bond donors (Lipinski definition) is 1. The monoisotopic (exact) mass is 470 g/mol. The third-order valence-electron chi connectivity index (χ3n) is 5.88. The van der Waals surface area contributed by atoms with Crippen LogP contribution in [0.2, 0.25) is 0 Å². The van der Waals surface area contributed by atoms with Crippen molar-refractivity contribution in [1.82, 2.24) is 15.2 Å². The van der Waals surface area contributed by atoms with Crippen molar-refractivity contribution in [1.29, 1.82) is 0 Å². The molecular weight excluding hydrogens is 440 g/mol. The molecule has 1 aliphatic rings. The van der Waals surface area contributed by atoms with E-state index in [4.69, 9.17) is 19.2 Å². The number of ether oxygens (including phenoxy) is 3. The molecule has 9 heteroatoms. The molecule has 1 aromatic heterocycles. The van der Waals surface area contributed by atoms with E-state index < -0.39 is 0 Å². The lowest BCUT2D eigenvalue weighted by Crippen LogP contribution is -2.48. The third kappa shape index (κ3) is 5.15. The van der Waals surface area contributed by atoms with Crippen LogP contribution in [0, 0.1) is 6.92 Å². The molecule has 1 saturated heterocycles. The maximum atomic E-state index is 12.6. The normalized spacial score (nSPS) is 14.4. The molecule has 4 rings (SSSR count). The summed E-state index contributed by atoms with van der Waals surface area (Å²) in [5, 5.41) is 4.04. The fraction of sp³-hybridized carbons (Fsp3) is 0.417. The van der Waals surface area contributed by atoms with Gasteiger partial charge in [-0.2, -0.15) is 0 Å². The van der Waals surface area contributed by atoms with Crippen LogP contribution in [0.3, 0.4) is 0 Å². The Balaban J connectivity index is 1.29. The minimum Gasteiger partial charge on any atom is -0.497 e. The summed E-state index contributed by atoms with van der Waals surface area (Å²) < 4.78 is 17.2. The summed E-state index contributed by atoms with van der Waals surface area (Å²) in [7, 11) is 4.83. The van der Waals surface area contributed by atoms with Crippen molar-refractivity contribution in [2.75, 3.05) is 65.5 Å². The van der Waals surface area contributed by atoms with E-state index in [0.717, 1.165) is 49.1 Å². The van der Waals surface area contributed by atoms with Crippen LogP contribution < -0.4 is 24.4 Å². The molecule has 0 bridgehead atoms. The Morgan fingerprint density at radius 3 is 2.36 bits per heavy atom. The molecular formula is C24H30N4O4S. The number of rotatable bonds is 8. The number of carbonyl (C=O) groups is 1. The number of piperazine rings is 1. The van der Waals surface area contributed by atoms with Gasteiger partial charge in [0.05, 0.1) is 26.0 Å². The highest BCUT2D eigenvalue weighted by Crippen LogP contribution is 2.36. The van der Waals surface area contributed by atoms with Gasteiger partial charge in [-0.25, -0.2) is 4.98 Å². The first-order valence-electron chi connectivity index (χ1n) is 10.9. The van der Waals surface area contributed by atoms with Gasteiger partial charge in [0.1, 0.15) is 22.8 Å². The molecule has 2 aromatic carbocycles. The molecule has 0 atom stereocenters. The van der Waals surface area contributed by atoms with Gasteiger partial charge in [-0.1, -0.05) is 17.4 Å². The van der Waals surface area contributed by atoms with Gasteiger partial charge in [0.2, 0.25) is 0 Å². The van der Waals surface area contributed by atoms with Crippen molar-refractivity contribution in [2.45, 2.75) is 6.92 Å². The summed E-state index contributed by atoms with van der Waals surface area (Å²) in [4.78, 5) is 22.1. The lowest BCUT2D eigenvalue weighted by molar-refractivity contribution is 0.0947. The van der Waals surface area contributed by atoms with Crippen LogP contribution in [0.15, 0.2) is 30.3 Å². The van der Waals surface area contributed by atoms with Crippen molar-refractivity contribution in [3.8, 4) is 17.2 Å². The molecule has 1 N–H and O–H groups in total. The number of carbonyl (C=O) groups excluding carboxylic acids is 1. The lowest BCUT2D eigenvalue weighted by atomic mass is 10.2. The molecule has 0 unspecified atom stereocenters. The first-order chi connectivity index (χ1) is 16.0. The minimum absolute atomic E-state index is 0.135. The molecule has 1 fully saturated rings. The summed E-state index contributed by atoms with van der Waals surface area (Å²) in [6.45, 7) is 7.15. The molecule has 8 nitrogen and oxygen atoms in total. The number of nitrogens with one attached hydrogen (secondary N) is 1. The van der Waals surface area contributed by atoms with Crippen LogP contribution in [0.5, 0.6) is 17.2 Å². The Morgan fingerprint density at radius 1 is 1.03 bits per heavy atom. The Kier molecular flexibility index (Phi) is 7.20. The van der Waals surface area contributed by atoms with E-state index in [-0.39, 0.29) is 5.91 Å². The number of benzene rings is 2. The van der Waals surface area contributed by atoms with Gasteiger partial charge < -0.3 is 24.4 Å². The predicted molar refractivity (Wildman–Crippen MR) is 131 cm³/mol. The second kappa shape index (κ2) is 10.3. The van der Waals surface area contributed by atoms with Crippen LogP contribution >= 0.6 is 11.3 Å². The first kappa shape index (κ1) is 23.1. The third-order valence-corrected chi connectivity index (χ3v) is 7.13. The largest absolute Gasteiger partial charge is 0.497 e. The van der Waals surface area contributed by atoms with E-state index in [1.165, 1.54) is 10.3 Å². The molecule has 33 heavy (non-hydrogen) atoms. The number of nitrogens with zero attached hydrogens (tertiary/aromatic N) is 3. The maximum absolute atomic E-state index is 12.6. The smallest absolute Gasteiger partial charge is 0.251 e. The fourth-order valence-corrected chi connectivity index (χ4v) is 5.03. The molecule has 0 radical (unpaired) electrons. The number of aryl methyl sites for hydroxylation is 1. The number of anilines is 1. The summed E-state index contributed by atoms with van der Waals surface area (Å²) in [6, 6.07) is 9.24. The van der Waals surface area contributed by atoms with E-state index in [0.29, 0.717) is 23.6 Å². The second-order valence-corrected chi connectivity index (χ2v) is 8.92. The number of fused-ring (bicyclic) bond motifs is 1. The zero-order chi connectivity index (χ0) is 23.4. The van der Waals surface area contributed by atoms with Crippen molar-refractivity contribution >= 4 is 32.6 Å². The highest BCUT2D eigenvalue weighted by molar-refractivity contribution is 7.22. The fourth-order valence-electron chi connectivity index (χ4n) is 3.93. The standard InChI is InChI=1S/C24H30N4O4S/c1-16-5-6-20(32-4)21-22(16)33-24(26-21)28-11-9-27(10-12-28)8-7-25-23(29)17-13-18(30-2)15-19(14-17)31-3/h5-6,13-15H,7-12H2,1-4H3,(H,25,29). The average Bonchev–Trinajstić information content (AvgIpc) is 3.31. The molecule has 0 aliphatic carbocycles. The van der Waals surface area contributed by atoms with Crippen molar-refractivity contribution in [3.63, 3.8) is 0 Å². The van der Waals surface area contributed by atoms with E-state index >= 15 is 0 Å². The second-order valence-electron chi connectivity index (χ2n) is 7.94. The summed E-state index contributed by atoms with van der Waals surface area (Å²) in [5.41, 5.74) is 2.69. The molecule has 3 aromatic rings. The lowest BCUT2D eigenvalue weighted by Gasteiger charge is -2.34. The minimum atomic E-state index is -0.135. The zero-order valence-electron chi connectivity index (χ0n) is 19.5. The molecule has 1 aliphatic heterocycles. The molecule has 2 heterocycles. The highest BCUT2D eigenvalue weighted by Gasteiger charge is 2.21. The summed E-state index contributed by atoms with van der Waals surface area (Å²) >= 11 is 1.73. The number of thiazole rings is 1. The molecule has 1 amide bonds. The predicted octanol–water partition coefficient (Wildman–Crippen LogP) is 3.18. The van der Waals surface area contributed by atoms with E-state index in [1.807, 2.05) is 6.07 Å². The number of aromatic nitrogens is 1. The summed E-state index contributed by atoms with van der Waals surface area (Å²) in [5.74, 6) is 1.88. The molecule has 176 valence electrons. The highest BCUT2D eigenvalue weighted by atomic mass is 32.1. The topological polar surface area (TPSA) is 76.2 Å². The van der Waals surface area contributed by atoms with Gasteiger partial charge in [0.25, 0.3) is 5.91 Å². The Labute approximate surface area is 198 Å². The Hall–Kier alpha value is -3.04. The first-order valence-corrected chi connectivity index (χ1v) is 11.8. The van der Waals surface area contributed by atoms with Crippen LogP contribution in [0.4, 0.5) is 5.13 Å². The van der Waals surface area contributed by atoms with Crippen LogP contribution in [-0.4, -0.2) is 76.4 Å². The number of methoxy groups -OCH3 is 3. The van der Waals surface area contributed by atoms with Crippen molar-refractivity contribution in [3.05, 3.63) is 41.5 Å². The van der Waals surface area contributed by atoms with E-state index in [1.54, 1.807) is 50.9 Å². The van der Waals surface area contributed by atoms with E-state index in [2.05, 4.69) is 28.1 Å². The van der Waals surface area contributed by atoms with Gasteiger partial charge in [-0.15, -0.1) is 0 Å². The zero-order valence-corrected chi connectivity index (χ0v) is 20.3. The van der Waals surface area contributed by atoms with E-state index in [9.17, 15) is 4.79 Å². The molecule has 0 saturated carbocycles. The van der Waals surface area contributed by atoms with Crippen molar-refractivity contribution < 1.29 is 19.0 Å². The van der Waals surface area contributed by atoms with Gasteiger partial charge in [0.15, 0.2) is 5.13 Å². The number of hydrogen-bond acceptors (Lipinski definition) is 8. The Bertz CT molecular complexity index is 1100. The van der Waals surface area contributed by atoms with Gasteiger partial charge in [-0.05, 0) is 30.7 Å². The average molecular weight is 471 g/mol. The van der Waals surface area contributed by atoms with Crippen LogP contribution in [0.25, 0.3) is 10.2 Å². The molecule has 0 spiro atoms. The van der Waals surface area contributed by atoms with Gasteiger partial charge in [0, 0.05) is 50.9 Å². The Morgan fingerprint density at radius 2 is 1.73 bits per heavy atom. The maximum Gasteiger partial charge on any atom is 0.251 e. The summed E-state index contributed by atoms with van der Waals surface area (Å²) in [6.07, 6.45) is 0. The van der Waals surface area contributed by atoms with Crippen molar-refractivity contribution in [2.24, 2.45) is 0 Å². The van der Waals surface area contributed by atoms with Crippen LogP contribution in [0.1, 0.15) is 15.9 Å². The van der Waals surface area contributed by atoms with Gasteiger partial charge >= 0.3 is 0 Å². The van der Waals surface area contributed by atoms with Crippen LogP contribution in [-0.2, 0) is 0 Å². The van der Waals surface area contributed by atoms with Gasteiger partial charge in [-0.3, -0.25) is 9.69 Å². The quantitative estimate of drug-likeness (QED) is 0.542. The SMILES string of the molecule is COc1cc(OC)cc(C(=O)NCCN2CCN(c3nc4c(OC)ccc(C)c4s3)CC2)c1.